The molecule has 0 spiro atoms. The molecular formula is C14H18BrNO3. The molecule has 19 heavy (non-hydrogen) atoms. The first-order valence-corrected chi connectivity index (χ1v) is 7.16. The molecule has 5 heteroatoms. The van der Waals surface area contributed by atoms with E-state index in [2.05, 4.69) is 15.9 Å². The van der Waals surface area contributed by atoms with Gasteiger partial charge in [-0.25, -0.2) is 0 Å². The Balaban J connectivity index is 2.00. The summed E-state index contributed by atoms with van der Waals surface area (Å²) in [6.07, 6.45) is -0.307. The Kier molecular flexibility index (Phi) is 4.47. The number of halogens is 1. The largest absolute Gasteiger partial charge is 0.480 e. The summed E-state index contributed by atoms with van der Waals surface area (Å²) in [5.74, 6) is 0.579. The van der Waals surface area contributed by atoms with Gasteiger partial charge in [-0.05, 0) is 53.9 Å². The van der Waals surface area contributed by atoms with E-state index in [9.17, 15) is 9.90 Å². The standard InChI is InChI=1S/C14H18BrNO3/c1-9-3-4-13(12(15)7-9)19-10(2)14(18)16-6-5-11(17)8-16/h3-4,7,10-11,17H,5-6,8H2,1-2H3/t10?,11-/m1/s1. The average molecular weight is 328 g/mol. The number of benzene rings is 1. The molecule has 0 aromatic heterocycles. The van der Waals surface area contributed by atoms with Crippen LogP contribution in [0, 0.1) is 6.92 Å². The number of hydrogen-bond acceptors (Lipinski definition) is 3. The summed E-state index contributed by atoms with van der Waals surface area (Å²) in [4.78, 5) is 13.8. The maximum absolute atomic E-state index is 12.1. The lowest BCUT2D eigenvalue weighted by Gasteiger charge is -2.21. The van der Waals surface area contributed by atoms with Gasteiger partial charge in [0.1, 0.15) is 5.75 Å². The molecule has 1 unspecified atom stereocenters. The third-order valence-electron chi connectivity index (χ3n) is 3.21. The molecule has 1 amide bonds. The highest BCUT2D eigenvalue weighted by Gasteiger charge is 2.29. The van der Waals surface area contributed by atoms with Gasteiger partial charge in [0.15, 0.2) is 6.10 Å². The van der Waals surface area contributed by atoms with Crippen molar-refractivity contribution in [3.05, 3.63) is 28.2 Å². The SMILES string of the molecule is Cc1ccc(OC(C)C(=O)N2CC[C@@H](O)C2)c(Br)c1. The first kappa shape index (κ1) is 14.3. The van der Waals surface area contributed by atoms with E-state index in [4.69, 9.17) is 4.74 Å². The number of nitrogens with zero attached hydrogens (tertiary/aromatic N) is 1. The third-order valence-corrected chi connectivity index (χ3v) is 3.83. The zero-order valence-electron chi connectivity index (χ0n) is 11.1. The number of aliphatic hydroxyl groups is 1. The molecule has 2 rings (SSSR count). The molecule has 1 N–H and O–H groups in total. The van der Waals surface area contributed by atoms with Crippen molar-refractivity contribution < 1.29 is 14.6 Å². The first-order valence-electron chi connectivity index (χ1n) is 6.37. The minimum Gasteiger partial charge on any atom is -0.480 e. The normalized spacial score (nSPS) is 20.4. The highest BCUT2D eigenvalue weighted by Crippen LogP contribution is 2.27. The van der Waals surface area contributed by atoms with Crippen LogP contribution >= 0.6 is 15.9 Å². The van der Waals surface area contributed by atoms with Crippen LogP contribution in [0.3, 0.4) is 0 Å². The summed E-state index contributed by atoms with van der Waals surface area (Å²) in [6, 6.07) is 5.74. The van der Waals surface area contributed by atoms with E-state index < -0.39 is 12.2 Å². The number of hydrogen-bond donors (Lipinski definition) is 1. The number of β-amino-alcohol motifs (C(OH)–C–C–N with tert-alkyl or cyclic N) is 1. The number of likely N-dealkylation sites (tertiary alicyclic amines) is 1. The molecule has 4 nitrogen and oxygen atoms in total. The van der Waals surface area contributed by atoms with E-state index in [0.717, 1.165) is 10.0 Å². The Labute approximate surface area is 121 Å². The molecular weight excluding hydrogens is 310 g/mol. The van der Waals surface area contributed by atoms with Gasteiger partial charge in [-0.1, -0.05) is 6.07 Å². The lowest BCUT2D eigenvalue weighted by Crippen LogP contribution is -2.39. The van der Waals surface area contributed by atoms with Crippen LogP contribution in [0.15, 0.2) is 22.7 Å². The Hall–Kier alpha value is -1.07. The first-order chi connectivity index (χ1) is 8.97. The Morgan fingerprint density at radius 2 is 2.32 bits per heavy atom. The lowest BCUT2D eigenvalue weighted by molar-refractivity contribution is -0.137. The van der Waals surface area contributed by atoms with Crippen LogP contribution < -0.4 is 4.74 Å². The fourth-order valence-corrected chi connectivity index (χ4v) is 2.73. The summed E-state index contributed by atoms with van der Waals surface area (Å²) < 4.78 is 6.53. The second kappa shape index (κ2) is 5.92. The minimum atomic E-state index is -0.552. The summed E-state index contributed by atoms with van der Waals surface area (Å²) >= 11 is 3.43. The maximum Gasteiger partial charge on any atom is 0.263 e. The van der Waals surface area contributed by atoms with Crippen molar-refractivity contribution in [1.29, 1.82) is 0 Å². The molecule has 1 fully saturated rings. The van der Waals surface area contributed by atoms with Gasteiger partial charge >= 0.3 is 0 Å². The van der Waals surface area contributed by atoms with Crippen molar-refractivity contribution >= 4 is 21.8 Å². The van der Waals surface area contributed by atoms with Crippen molar-refractivity contribution in [2.24, 2.45) is 0 Å². The molecule has 104 valence electrons. The Bertz CT molecular complexity index is 478. The molecule has 1 aliphatic rings. The number of aryl methyl sites for hydroxylation is 1. The topological polar surface area (TPSA) is 49.8 Å². The highest BCUT2D eigenvalue weighted by atomic mass is 79.9. The predicted molar refractivity (Wildman–Crippen MR) is 76.2 cm³/mol. The fraction of sp³-hybridized carbons (Fsp3) is 0.500. The second-order valence-corrected chi connectivity index (χ2v) is 5.78. The third kappa shape index (κ3) is 3.48. The fourth-order valence-electron chi connectivity index (χ4n) is 2.14. The molecule has 0 saturated carbocycles. The number of amides is 1. The van der Waals surface area contributed by atoms with Gasteiger partial charge in [0.2, 0.25) is 0 Å². The zero-order chi connectivity index (χ0) is 14.0. The zero-order valence-corrected chi connectivity index (χ0v) is 12.7. The molecule has 1 aliphatic heterocycles. The minimum absolute atomic E-state index is 0.0796. The van der Waals surface area contributed by atoms with Gasteiger partial charge in [-0.3, -0.25) is 4.79 Å². The second-order valence-electron chi connectivity index (χ2n) is 4.92. The average Bonchev–Trinajstić information content (AvgIpc) is 2.78. The van der Waals surface area contributed by atoms with Crippen LogP contribution in [-0.4, -0.2) is 41.2 Å². The molecule has 0 bridgehead atoms. The van der Waals surface area contributed by atoms with Crippen LogP contribution in [-0.2, 0) is 4.79 Å². The van der Waals surface area contributed by atoms with Gasteiger partial charge < -0.3 is 14.7 Å². The predicted octanol–water partition coefficient (Wildman–Crippen LogP) is 2.12. The van der Waals surface area contributed by atoms with Gasteiger partial charge in [-0.2, -0.15) is 0 Å². The van der Waals surface area contributed by atoms with E-state index in [0.29, 0.717) is 25.3 Å². The van der Waals surface area contributed by atoms with E-state index >= 15 is 0 Å². The van der Waals surface area contributed by atoms with Gasteiger partial charge in [0, 0.05) is 13.1 Å². The van der Waals surface area contributed by atoms with Crippen LogP contribution in [0.25, 0.3) is 0 Å². The lowest BCUT2D eigenvalue weighted by atomic mass is 10.2. The summed E-state index contributed by atoms with van der Waals surface area (Å²) in [7, 11) is 0. The maximum atomic E-state index is 12.1. The quantitative estimate of drug-likeness (QED) is 0.925. The monoisotopic (exact) mass is 327 g/mol. The molecule has 0 radical (unpaired) electrons. The summed E-state index contributed by atoms with van der Waals surface area (Å²) in [5.41, 5.74) is 1.13. The van der Waals surface area contributed by atoms with Crippen molar-refractivity contribution in [3.63, 3.8) is 0 Å². The molecule has 0 aliphatic carbocycles. The van der Waals surface area contributed by atoms with Crippen molar-refractivity contribution in [2.75, 3.05) is 13.1 Å². The molecule has 1 heterocycles. The molecule has 2 atom stereocenters. The Morgan fingerprint density at radius 1 is 1.58 bits per heavy atom. The van der Waals surface area contributed by atoms with Gasteiger partial charge in [0.25, 0.3) is 5.91 Å². The highest BCUT2D eigenvalue weighted by molar-refractivity contribution is 9.10. The number of carbonyl (C=O) groups excluding carboxylic acids is 1. The van der Waals surface area contributed by atoms with Crippen molar-refractivity contribution in [2.45, 2.75) is 32.5 Å². The summed E-state index contributed by atoms with van der Waals surface area (Å²) in [6.45, 7) is 4.73. The number of carbonyl (C=O) groups is 1. The van der Waals surface area contributed by atoms with E-state index in [1.807, 2.05) is 25.1 Å². The number of rotatable bonds is 3. The molecule has 1 saturated heterocycles. The van der Waals surface area contributed by atoms with Crippen molar-refractivity contribution in [3.8, 4) is 5.75 Å². The van der Waals surface area contributed by atoms with Crippen LogP contribution in [0.1, 0.15) is 18.9 Å². The van der Waals surface area contributed by atoms with Crippen LogP contribution in [0.5, 0.6) is 5.75 Å². The molecule has 1 aromatic rings. The number of ether oxygens (including phenoxy) is 1. The van der Waals surface area contributed by atoms with E-state index in [1.165, 1.54) is 0 Å². The van der Waals surface area contributed by atoms with Gasteiger partial charge in [-0.15, -0.1) is 0 Å². The number of aliphatic hydroxyl groups excluding tert-OH is 1. The summed E-state index contributed by atoms with van der Waals surface area (Å²) in [5, 5.41) is 9.45. The smallest absolute Gasteiger partial charge is 0.263 e. The van der Waals surface area contributed by atoms with E-state index in [1.54, 1.807) is 11.8 Å². The van der Waals surface area contributed by atoms with Crippen LogP contribution in [0.2, 0.25) is 0 Å². The van der Waals surface area contributed by atoms with Crippen molar-refractivity contribution in [1.82, 2.24) is 4.90 Å². The van der Waals surface area contributed by atoms with Gasteiger partial charge in [0.05, 0.1) is 10.6 Å². The molecule has 1 aromatic carbocycles. The Morgan fingerprint density at radius 3 is 2.89 bits per heavy atom. The van der Waals surface area contributed by atoms with E-state index in [-0.39, 0.29) is 5.91 Å². The van der Waals surface area contributed by atoms with Crippen LogP contribution in [0.4, 0.5) is 0 Å².